The largest absolute Gasteiger partial charge is 0.418 e. The van der Waals surface area contributed by atoms with E-state index in [2.05, 4.69) is 19.9 Å². The van der Waals surface area contributed by atoms with Gasteiger partial charge in [-0.2, -0.15) is 13.2 Å². The van der Waals surface area contributed by atoms with Crippen LogP contribution in [-0.4, -0.2) is 24.5 Å². The molecule has 0 bridgehead atoms. The first-order chi connectivity index (χ1) is 18.1. The van der Waals surface area contributed by atoms with Crippen molar-refractivity contribution in [3.8, 4) is 0 Å². The van der Waals surface area contributed by atoms with Crippen molar-refractivity contribution in [3.05, 3.63) is 93.0 Å². The number of pyridine rings is 3. The van der Waals surface area contributed by atoms with E-state index in [0.717, 1.165) is 6.07 Å². The third kappa shape index (κ3) is 5.01. The SMILES string of the molecule is Cc1cnc2cc([C@H]3CC[C@H](c4ncccc4C(F)F)CC3)c(=O)n(Cc3ncccc3C(F)(F)F)c2n1. The number of hydrogen-bond donors (Lipinski definition) is 0. The van der Waals surface area contributed by atoms with Gasteiger partial charge in [0.2, 0.25) is 0 Å². The summed E-state index contributed by atoms with van der Waals surface area (Å²) in [5.41, 5.74) is 0.154. The van der Waals surface area contributed by atoms with Crippen LogP contribution in [0.1, 0.15) is 77.7 Å². The maximum absolute atomic E-state index is 13.7. The van der Waals surface area contributed by atoms with Gasteiger partial charge in [-0.05, 0) is 68.9 Å². The summed E-state index contributed by atoms with van der Waals surface area (Å²) in [6, 6.07) is 6.66. The second-order valence-corrected chi connectivity index (χ2v) is 9.53. The summed E-state index contributed by atoms with van der Waals surface area (Å²) < 4.78 is 69.2. The van der Waals surface area contributed by atoms with E-state index in [1.54, 1.807) is 13.0 Å². The maximum Gasteiger partial charge on any atom is 0.418 e. The zero-order valence-electron chi connectivity index (χ0n) is 20.4. The molecule has 0 aromatic carbocycles. The number of nitrogens with zero attached hydrogens (tertiary/aromatic N) is 5. The first kappa shape index (κ1) is 25.9. The summed E-state index contributed by atoms with van der Waals surface area (Å²) in [5.74, 6) is -0.369. The van der Waals surface area contributed by atoms with Crippen LogP contribution in [0.2, 0.25) is 0 Å². The molecule has 0 radical (unpaired) electrons. The quantitative estimate of drug-likeness (QED) is 0.282. The second-order valence-electron chi connectivity index (χ2n) is 9.53. The van der Waals surface area contributed by atoms with E-state index in [1.165, 1.54) is 41.4 Å². The summed E-state index contributed by atoms with van der Waals surface area (Å²) in [5, 5.41) is 0. The molecule has 38 heavy (non-hydrogen) atoms. The summed E-state index contributed by atoms with van der Waals surface area (Å²) in [6.07, 6.45) is -0.778. The number of halogens is 5. The number of alkyl halides is 5. The molecule has 4 heterocycles. The summed E-state index contributed by atoms with van der Waals surface area (Å²) in [6.45, 7) is 1.27. The van der Waals surface area contributed by atoms with Crippen LogP contribution in [0.4, 0.5) is 22.0 Å². The van der Waals surface area contributed by atoms with E-state index in [-0.39, 0.29) is 28.7 Å². The van der Waals surface area contributed by atoms with E-state index in [9.17, 15) is 26.7 Å². The van der Waals surface area contributed by atoms with Crippen molar-refractivity contribution in [2.75, 3.05) is 0 Å². The van der Waals surface area contributed by atoms with E-state index >= 15 is 0 Å². The zero-order valence-corrected chi connectivity index (χ0v) is 20.4. The molecule has 4 aromatic heterocycles. The van der Waals surface area contributed by atoms with Gasteiger partial charge in [-0.1, -0.05) is 0 Å². The summed E-state index contributed by atoms with van der Waals surface area (Å²) in [4.78, 5) is 30.7. The van der Waals surface area contributed by atoms with E-state index < -0.39 is 30.3 Å². The monoisotopic (exact) mass is 529 g/mol. The molecule has 0 aliphatic heterocycles. The molecule has 1 fully saturated rings. The molecule has 0 spiro atoms. The Morgan fingerprint density at radius 2 is 1.68 bits per heavy atom. The average Bonchev–Trinajstić information content (AvgIpc) is 2.90. The van der Waals surface area contributed by atoms with Gasteiger partial charge in [0.25, 0.3) is 12.0 Å². The predicted molar refractivity (Wildman–Crippen MR) is 130 cm³/mol. The Balaban J connectivity index is 1.51. The van der Waals surface area contributed by atoms with Crippen molar-refractivity contribution in [2.45, 2.75) is 63.6 Å². The third-order valence-corrected chi connectivity index (χ3v) is 7.11. The standard InChI is InChI=1S/C27H24F5N5O/c1-15-13-35-21-12-19(16-6-8-17(9-7-16)23-18(24(28)29)4-2-11-34-23)26(38)37(25(21)36-15)14-22-20(27(30,31)32)5-3-10-33-22/h2-5,10-13,16-17,24H,6-9,14H2,1H3/t16-,17-. The highest BCUT2D eigenvalue weighted by atomic mass is 19.4. The molecule has 198 valence electrons. The Kier molecular flexibility index (Phi) is 6.93. The third-order valence-electron chi connectivity index (χ3n) is 7.11. The van der Waals surface area contributed by atoms with E-state index in [0.29, 0.717) is 48.2 Å². The number of rotatable bonds is 5. The van der Waals surface area contributed by atoms with Crippen LogP contribution in [0.5, 0.6) is 0 Å². The molecule has 0 saturated heterocycles. The van der Waals surface area contributed by atoms with E-state index in [1.807, 2.05) is 0 Å². The van der Waals surface area contributed by atoms with Crippen LogP contribution in [0.3, 0.4) is 0 Å². The van der Waals surface area contributed by atoms with Gasteiger partial charge in [0, 0.05) is 35.6 Å². The Hall–Kier alpha value is -3.76. The van der Waals surface area contributed by atoms with Crippen LogP contribution in [0.15, 0.2) is 53.7 Å². The Bertz CT molecular complexity index is 1530. The molecule has 1 aliphatic carbocycles. The van der Waals surface area contributed by atoms with Gasteiger partial charge in [0.05, 0.1) is 29.2 Å². The zero-order chi connectivity index (χ0) is 27.0. The highest BCUT2D eigenvalue weighted by Gasteiger charge is 2.35. The van der Waals surface area contributed by atoms with Gasteiger partial charge in [-0.3, -0.25) is 24.3 Å². The van der Waals surface area contributed by atoms with Gasteiger partial charge in [-0.25, -0.2) is 13.8 Å². The molecule has 0 unspecified atom stereocenters. The molecule has 1 aliphatic rings. The molecular formula is C27H24F5N5O. The number of hydrogen-bond acceptors (Lipinski definition) is 5. The maximum atomic E-state index is 13.7. The fourth-order valence-electron chi connectivity index (χ4n) is 5.28. The highest BCUT2D eigenvalue weighted by molar-refractivity contribution is 5.71. The Labute approximate surface area is 214 Å². The summed E-state index contributed by atoms with van der Waals surface area (Å²) >= 11 is 0. The van der Waals surface area contributed by atoms with Crippen molar-refractivity contribution >= 4 is 11.2 Å². The minimum absolute atomic E-state index is 0.0783. The lowest BCUT2D eigenvalue weighted by molar-refractivity contribution is -0.138. The van der Waals surface area contributed by atoms with Gasteiger partial charge in [0.1, 0.15) is 5.52 Å². The van der Waals surface area contributed by atoms with Crippen LogP contribution >= 0.6 is 0 Å². The molecule has 6 nitrogen and oxygen atoms in total. The molecule has 0 N–H and O–H groups in total. The van der Waals surface area contributed by atoms with Crippen LogP contribution in [0.25, 0.3) is 11.2 Å². The Morgan fingerprint density at radius 3 is 2.39 bits per heavy atom. The van der Waals surface area contributed by atoms with Gasteiger partial charge >= 0.3 is 6.18 Å². The van der Waals surface area contributed by atoms with Crippen molar-refractivity contribution in [1.29, 1.82) is 0 Å². The van der Waals surface area contributed by atoms with Gasteiger partial charge < -0.3 is 0 Å². The van der Waals surface area contributed by atoms with Crippen LogP contribution in [-0.2, 0) is 12.7 Å². The lowest BCUT2D eigenvalue weighted by Gasteiger charge is -2.29. The molecule has 0 atom stereocenters. The van der Waals surface area contributed by atoms with Crippen LogP contribution < -0.4 is 5.56 Å². The van der Waals surface area contributed by atoms with Gasteiger partial charge in [-0.15, -0.1) is 0 Å². The molecule has 5 rings (SSSR count). The number of aryl methyl sites for hydroxylation is 1. The minimum Gasteiger partial charge on any atom is -0.285 e. The molecule has 0 amide bonds. The average molecular weight is 530 g/mol. The second kappa shape index (κ2) is 10.2. The smallest absolute Gasteiger partial charge is 0.285 e. The number of aromatic nitrogens is 5. The normalized spacial score (nSPS) is 18.3. The predicted octanol–water partition coefficient (Wildman–Crippen LogP) is 6.34. The minimum atomic E-state index is -4.64. The molecule has 11 heteroatoms. The summed E-state index contributed by atoms with van der Waals surface area (Å²) in [7, 11) is 0. The van der Waals surface area contributed by atoms with Crippen molar-refractivity contribution < 1.29 is 22.0 Å². The first-order valence-corrected chi connectivity index (χ1v) is 12.2. The lowest BCUT2D eigenvalue weighted by atomic mass is 9.77. The molecule has 4 aromatic rings. The van der Waals surface area contributed by atoms with Crippen molar-refractivity contribution in [1.82, 2.24) is 24.5 Å². The van der Waals surface area contributed by atoms with E-state index in [4.69, 9.17) is 0 Å². The lowest BCUT2D eigenvalue weighted by Crippen LogP contribution is -2.29. The molecule has 1 saturated carbocycles. The van der Waals surface area contributed by atoms with Gasteiger partial charge in [0.15, 0.2) is 5.65 Å². The van der Waals surface area contributed by atoms with Crippen LogP contribution in [0, 0.1) is 6.92 Å². The fourth-order valence-corrected chi connectivity index (χ4v) is 5.28. The highest BCUT2D eigenvalue weighted by Crippen LogP contribution is 2.41. The fraction of sp³-hybridized carbons (Fsp3) is 0.370. The van der Waals surface area contributed by atoms with Crippen molar-refractivity contribution in [2.24, 2.45) is 0 Å². The topological polar surface area (TPSA) is 73.6 Å². The first-order valence-electron chi connectivity index (χ1n) is 12.2. The number of fused-ring (bicyclic) bond motifs is 1. The Morgan fingerprint density at radius 1 is 1.00 bits per heavy atom. The van der Waals surface area contributed by atoms with Crippen molar-refractivity contribution in [3.63, 3.8) is 0 Å². The molecular weight excluding hydrogens is 505 g/mol.